The normalized spacial score (nSPS) is 25.7. The average molecular weight is 325 g/mol. The summed E-state index contributed by atoms with van der Waals surface area (Å²) in [4.78, 5) is 19.6. The van der Waals surface area contributed by atoms with Crippen LogP contribution in [0.4, 0.5) is 5.69 Å². The third-order valence-electron chi connectivity index (χ3n) is 5.28. The molecular weight excluding hydrogens is 302 g/mol. The zero-order valence-corrected chi connectivity index (χ0v) is 14.2. The van der Waals surface area contributed by atoms with E-state index in [2.05, 4.69) is 20.3 Å². The van der Waals surface area contributed by atoms with Gasteiger partial charge in [-0.2, -0.15) is 5.10 Å². The standard InChI is InChI=1S/C18H23N5O/c1-13-10-14(2)23(21-13)16-5-4-15(11-19-16)20-17(24)18-6-3-8-22(12-18)9-7-18/h4-5,10-11H,3,6-9,12H2,1-2H3,(H,20,24). The summed E-state index contributed by atoms with van der Waals surface area (Å²) >= 11 is 0. The molecule has 2 aliphatic heterocycles. The molecule has 0 aliphatic carbocycles. The molecule has 6 nitrogen and oxygen atoms in total. The number of hydrogen-bond donors (Lipinski definition) is 1. The first kappa shape index (κ1) is 15.3. The molecule has 126 valence electrons. The van der Waals surface area contributed by atoms with Crippen molar-refractivity contribution in [1.82, 2.24) is 19.7 Å². The van der Waals surface area contributed by atoms with Gasteiger partial charge in [-0.25, -0.2) is 9.67 Å². The summed E-state index contributed by atoms with van der Waals surface area (Å²) in [6.07, 6.45) is 4.79. The molecule has 2 fully saturated rings. The smallest absolute Gasteiger partial charge is 0.231 e. The van der Waals surface area contributed by atoms with Crippen molar-refractivity contribution in [3.63, 3.8) is 0 Å². The molecule has 4 heterocycles. The van der Waals surface area contributed by atoms with Gasteiger partial charge in [0.2, 0.25) is 5.91 Å². The molecule has 1 amide bonds. The Balaban J connectivity index is 1.49. The largest absolute Gasteiger partial charge is 0.324 e. The second-order valence-electron chi connectivity index (χ2n) is 7.11. The van der Waals surface area contributed by atoms with Crippen LogP contribution in [0.5, 0.6) is 0 Å². The predicted octanol–water partition coefficient (Wildman–Crippen LogP) is 2.31. The fourth-order valence-electron chi connectivity index (χ4n) is 4.00. The van der Waals surface area contributed by atoms with E-state index in [1.165, 1.54) is 0 Å². The molecule has 2 saturated heterocycles. The summed E-state index contributed by atoms with van der Waals surface area (Å²) in [6.45, 7) is 7.05. The monoisotopic (exact) mass is 325 g/mol. The summed E-state index contributed by atoms with van der Waals surface area (Å²) < 4.78 is 1.82. The molecule has 0 saturated carbocycles. The van der Waals surface area contributed by atoms with Crippen LogP contribution in [0, 0.1) is 19.3 Å². The van der Waals surface area contributed by atoms with Crippen LogP contribution >= 0.6 is 0 Å². The average Bonchev–Trinajstić information content (AvgIpc) is 3.07. The second-order valence-corrected chi connectivity index (χ2v) is 7.11. The minimum absolute atomic E-state index is 0.144. The Bertz CT molecular complexity index is 762. The van der Waals surface area contributed by atoms with Gasteiger partial charge in [0.15, 0.2) is 5.82 Å². The lowest BCUT2D eigenvalue weighted by Crippen LogP contribution is -2.42. The zero-order chi connectivity index (χ0) is 16.7. The number of nitrogens with zero attached hydrogens (tertiary/aromatic N) is 4. The number of anilines is 1. The van der Waals surface area contributed by atoms with E-state index in [1.54, 1.807) is 6.20 Å². The molecule has 2 bridgehead atoms. The van der Waals surface area contributed by atoms with Gasteiger partial charge in [-0.05, 0) is 64.4 Å². The Morgan fingerprint density at radius 2 is 2.12 bits per heavy atom. The molecule has 2 aromatic rings. The van der Waals surface area contributed by atoms with Gasteiger partial charge >= 0.3 is 0 Å². The van der Waals surface area contributed by atoms with Crippen molar-refractivity contribution in [2.24, 2.45) is 5.41 Å². The van der Waals surface area contributed by atoms with Gasteiger partial charge in [-0.15, -0.1) is 0 Å². The van der Waals surface area contributed by atoms with Gasteiger partial charge in [-0.3, -0.25) is 4.79 Å². The zero-order valence-electron chi connectivity index (χ0n) is 14.2. The topological polar surface area (TPSA) is 63.1 Å². The number of carbonyl (C=O) groups excluding carboxylic acids is 1. The Morgan fingerprint density at radius 3 is 2.83 bits per heavy atom. The van der Waals surface area contributed by atoms with Crippen LogP contribution in [0.25, 0.3) is 5.82 Å². The molecule has 24 heavy (non-hydrogen) atoms. The molecular formula is C18H23N5O. The van der Waals surface area contributed by atoms with Crippen LogP contribution in [0.1, 0.15) is 30.7 Å². The molecule has 6 heteroatoms. The molecule has 0 aromatic carbocycles. The molecule has 4 rings (SSSR count). The Hall–Kier alpha value is -2.21. The summed E-state index contributed by atoms with van der Waals surface area (Å²) in [5, 5.41) is 7.51. The highest BCUT2D eigenvalue weighted by atomic mass is 16.2. The van der Waals surface area contributed by atoms with E-state index >= 15 is 0 Å². The summed E-state index contributed by atoms with van der Waals surface area (Å²) in [7, 11) is 0. The van der Waals surface area contributed by atoms with E-state index in [0.717, 1.165) is 61.8 Å². The van der Waals surface area contributed by atoms with Gasteiger partial charge in [-0.1, -0.05) is 0 Å². The second kappa shape index (κ2) is 5.70. The van der Waals surface area contributed by atoms with E-state index in [0.29, 0.717) is 0 Å². The van der Waals surface area contributed by atoms with Gasteiger partial charge in [0.1, 0.15) is 0 Å². The van der Waals surface area contributed by atoms with Crippen LogP contribution in [0.15, 0.2) is 24.4 Å². The Labute approximate surface area is 141 Å². The number of piperidine rings is 1. The number of rotatable bonds is 3. The molecule has 2 atom stereocenters. The fraction of sp³-hybridized carbons (Fsp3) is 0.500. The molecule has 0 radical (unpaired) electrons. The Kier molecular flexibility index (Phi) is 3.64. The van der Waals surface area contributed by atoms with Crippen LogP contribution in [0.2, 0.25) is 0 Å². The maximum atomic E-state index is 12.8. The fourth-order valence-corrected chi connectivity index (χ4v) is 4.00. The van der Waals surface area contributed by atoms with Crippen molar-refractivity contribution >= 4 is 11.6 Å². The van der Waals surface area contributed by atoms with Crippen LogP contribution < -0.4 is 5.32 Å². The quantitative estimate of drug-likeness (QED) is 0.940. The lowest BCUT2D eigenvalue weighted by atomic mass is 9.80. The minimum Gasteiger partial charge on any atom is -0.324 e. The number of carbonyl (C=O) groups is 1. The van der Waals surface area contributed by atoms with Crippen LogP contribution in [-0.2, 0) is 4.79 Å². The van der Waals surface area contributed by atoms with Crippen molar-refractivity contribution in [3.05, 3.63) is 35.8 Å². The molecule has 1 N–H and O–H groups in total. The molecule has 2 aliphatic rings. The number of aryl methyl sites for hydroxylation is 2. The number of hydrogen-bond acceptors (Lipinski definition) is 4. The van der Waals surface area contributed by atoms with Crippen LogP contribution in [-0.4, -0.2) is 45.2 Å². The first-order valence-electron chi connectivity index (χ1n) is 8.59. The summed E-state index contributed by atoms with van der Waals surface area (Å²) in [5.74, 6) is 0.909. The van der Waals surface area contributed by atoms with E-state index < -0.39 is 0 Å². The third-order valence-corrected chi connectivity index (χ3v) is 5.28. The SMILES string of the molecule is Cc1cc(C)n(-c2ccc(NC(=O)C34CCCN(CC3)C4)cn2)n1. The number of amides is 1. The molecule has 2 unspecified atom stereocenters. The maximum absolute atomic E-state index is 12.8. The number of fused-ring (bicyclic) bond motifs is 2. The summed E-state index contributed by atoms with van der Waals surface area (Å²) in [6, 6.07) is 5.82. The van der Waals surface area contributed by atoms with Crippen molar-refractivity contribution in [2.75, 3.05) is 25.0 Å². The number of aromatic nitrogens is 3. The number of pyridine rings is 1. The first-order valence-corrected chi connectivity index (χ1v) is 8.59. The van der Waals surface area contributed by atoms with Gasteiger partial charge in [0.25, 0.3) is 0 Å². The lowest BCUT2D eigenvalue weighted by Gasteiger charge is -2.32. The van der Waals surface area contributed by atoms with E-state index in [4.69, 9.17) is 0 Å². The van der Waals surface area contributed by atoms with E-state index in [9.17, 15) is 4.79 Å². The highest BCUT2D eigenvalue weighted by Gasteiger charge is 2.46. The molecule has 2 aromatic heterocycles. The highest BCUT2D eigenvalue weighted by Crippen LogP contribution is 2.40. The van der Waals surface area contributed by atoms with Crippen molar-refractivity contribution in [1.29, 1.82) is 0 Å². The highest BCUT2D eigenvalue weighted by molar-refractivity contribution is 5.95. The van der Waals surface area contributed by atoms with Gasteiger partial charge < -0.3 is 10.2 Å². The van der Waals surface area contributed by atoms with Crippen molar-refractivity contribution < 1.29 is 4.79 Å². The summed E-state index contributed by atoms with van der Waals surface area (Å²) in [5.41, 5.74) is 2.56. The van der Waals surface area contributed by atoms with Crippen LogP contribution in [0.3, 0.4) is 0 Å². The third kappa shape index (κ3) is 2.60. The Morgan fingerprint density at radius 1 is 1.25 bits per heavy atom. The maximum Gasteiger partial charge on any atom is 0.231 e. The minimum atomic E-state index is -0.202. The van der Waals surface area contributed by atoms with Gasteiger partial charge in [0, 0.05) is 12.2 Å². The van der Waals surface area contributed by atoms with E-state index in [1.807, 2.05) is 36.7 Å². The van der Waals surface area contributed by atoms with Gasteiger partial charge in [0.05, 0.1) is 23.0 Å². The number of nitrogens with one attached hydrogen (secondary N) is 1. The first-order chi connectivity index (χ1) is 11.6. The lowest BCUT2D eigenvalue weighted by molar-refractivity contribution is -0.126. The van der Waals surface area contributed by atoms with E-state index in [-0.39, 0.29) is 11.3 Å². The van der Waals surface area contributed by atoms with Crippen molar-refractivity contribution in [2.45, 2.75) is 33.1 Å². The predicted molar refractivity (Wildman–Crippen MR) is 92.2 cm³/mol. The van der Waals surface area contributed by atoms with Crippen molar-refractivity contribution in [3.8, 4) is 5.82 Å². The molecule has 0 spiro atoms.